The molecule has 2 aromatic heterocycles. The second-order valence-electron chi connectivity index (χ2n) is 9.59. The molecule has 2 aliphatic rings. The van der Waals surface area contributed by atoms with Crippen molar-refractivity contribution in [2.75, 3.05) is 20.3 Å². The summed E-state index contributed by atoms with van der Waals surface area (Å²) in [5, 5.41) is 11.4. The van der Waals surface area contributed by atoms with Crippen LogP contribution in [-0.2, 0) is 4.79 Å². The molecule has 0 saturated carbocycles. The van der Waals surface area contributed by atoms with E-state index in [4.69, 9.17) is 23.4 Å². The van der Waals surface area contributed by atoms with Crippen LogP contribution in [0.25, 0.3) is 33.0 Å². The minimum atomic E-state index is -0.810. The molecule has 10 nitrogen and oxygen atoms in total. The third-order valence-electron chi connectivity index (χ3n) is 7.28. The predicted molar refractivity (Wildman–Crippen MR) is 144 cm³/mol. The van der Waals surface area contributed by atoms with Crippen molar-refractivity contribution in [3.63, 3.8) is 0 Å². The number of methoxy groups -OCH3 is 1. The molecule has 2 aliphatic heterocycles. The van der Waals surface area contributed by atoms with Crippen molar-refractivity contribution in [2.24, 2.45) is 0 Å². The van der Waals surface area contributed by atoms with Crippen LogP contribution in [0.15, 0.2) is 68.8 Å². The number of H-pyrrole nitrogens is 1. The van der Waals surface area contributed by atoms with Gasteiger partial charge >= 0.3 is 5.97 Å². The maximum atomic E-state index is 13.6. The number of nitrogens with one attached hydrogen (secondary N) is 1. The van der Waals surface area contributed by atoms with Crippen molar-refractivity contribution in [3.05, 3.63) is 86.5 Å². The van der Waals surface area contributed by atoms with Crippen molar-refractivity contribution in [1.29, 1.82) is 0 Å². The molecule has 0 aliphatic carbocycles. The summed E-state index contributed by atoms with van der Waals surface area (Å²) in [6.45, 7) is 0.816. The Balaban J connectivity index is 1.43. The summed E-state index contributed by atoms with van der Waals surface area (Å²) < 4.78 is 27.9. The highest BCUT2D eigenvalue weighted by Gasteiger charge is 2.35. The van der Waals surface area contributed by atoms with Crippen LogP contribution in [0.4, 0.5) is 0 Å². The number of aromatic nitrogens is 1. The predicted octanol–water partition coefficient (Wildman–Crippen LogP) is 4.23. The molecule has 0 unspecified atom stereocenters. The van der Waals surface area contributed by atoms with Gasteiger partial charge in [-0.15, -0.1) is 0 Å². The molecule has 2 N–H and O–H groups in total. The molecule has 200 valence electrons. The molecule has 10 heteroatoms. The summed E-state index contributed by atoms with van der Waals surface area (Å²) in [7, 11) is 1.54. The fraction of sp³-hybridized carbons (Fsp3) is 0.167. The highest BCUT2D eigenvalue weighted by molar-refractivity contribution is 5.94. The van der Waals surface area contributed by atoms with Crippen molar-refractivity contribution in [3.8, 4) is 39.9 Å². The van der Waals surface area contributed by atoms with E-state index in [9.17, 15) is 19.5 Å². The van der Waals surface area contributed by atoms with E-state index >= 15 is 0 Å². The molecule has 0 bridgehead atoms. The van der Waals surface area contributed by atoms with Crippen molar-refractivity contribution >= 4 is 27.8 Å². The Morgan fingerprint density at radius 2 is 1.70 bits per heavy atom. The molecule has 0 fully saturated rings. The lowest BCUT2D eigenvalue weighted by atomic mass is 9.85. The van der Waals surface area contributed by atoms with E-state index in [1.54, 1.807) is 49.6 Å². The molecule has 7 rings (SSSR count). The van der Waals surface area contributed by atoms with E-state index in [1.807, 2.05) is 0 Å². The van der Waals surface area contributed by atoms with Crippen molar-refractivity contribution in [2.45, 2.75) is 12.3 Å². The second kappa shape index (κ2) is 8.91. The topological polar surface area (TPSA) is 137 Å². The highest BCUT2D eigenvalue weighted by atomic mass is 16.6. The van der Waals surface area contributed by atoms with E-state index in [1.165, 1.54) is 12.3 Å². The van der Waals surface area contributed by atoms with Gasteiger partial charge in [-0.1, -0.05) is 12.1 Å². The average molecular weight is 539 g/mol. The van der Waals surface area contributed by atoms with Crippen LogP contribution in [0.1, 0.15) is 23.5 Å². The van der Waals surface area contributed by atoms with Gasteiger partial charge in [0.15, 0.2) is 11.5 Å². The Bertz CT molecular complexity index is 1970. The fourth-order valence-corrected chi connectivity index (χ4v) is 5.39. The van der Waals surface area contributed by atoms with E-state index in [0.717, 1.165) is 0 Å². The minimum Gasteiger partial charge on any atom is -0.507 e. The zero-order valence-corrected chi connectivity index (χ0v) is 21.1. The molecule has 5 aromatic rings. The number of fused-ring (bicyclic) bond motifs is 5. The number of esters is 1. The third kappa shape index (κ3) is 3.68. The Hall–Kier alpha value is -5.25. The van der Waals surface area contributed by atoms with Crippen LogP contribution >= 0.6 is 0 Å². The van der Waals surface area contributed by atoms with Gasteiger partial charge in [0, 0.05) is 34.6 Å². The molecule has 0 spiro atoms. The van der Waals surface area contributed by atoms with Gasteiger partial charge in [0.2, 0.25) is 5.43 Å². The number of phenolic OH excluding ortho intramolecular Hbond substituents is 1. The molecular weight excluding hydrogens is 518 g/mol. The molecule has 0 radical (unpaired) electrons. The summed E-state index contributed by atoms with van der Waals surface area (Å²) in [5.41, 5.74) is 1.08. The SMILES string of the molecule is COc1ccc(-c2coc3c4c(cc(O)c3c2=O)OC(=O)C[C@@H]4c2cc3cc4c(cc3[nH]c2=O)OCCO4)cc1. The number of carbonyl (C=O) groups excluding carboxylic acids is 1. The van der Waals surface area contributed by atoms with Crippen LogP contribution < -0.4 is 29.9 Å². The Labute approximate surface area is 225 Å². The second-order valence-corrected chi connectivity index (χ2v) is 9.59. The van der Waals surface area contributed by atoms with Crippen LogP contribution in [0.2, 0.25) is 0 Å². The summed E-state index contributed by atoms with van der Waals surface area (Å²) >= 11 is 0. The summed E-state index contributed by atoms with van der Waals surface area (Å²) in [6.07, 6.45) is 1.13. The first kappa shape index (κ1) is 23.8. The van der Waals surface area contributed by atoms with Gasteiger partial charge in [0.25, 0.3) is 5.56 Å². The molecule has 0 amide bonds. The van der Waals surface area contributed by atoms with E-state index < -0.39 is 28.6 Å². The minimum absolute atomic E-state index is 0.0215. The van der Waals surface area contributed by atoms with Gasteiger partial charge < -0.3 is 33.5 Å². The summed E-state index contributed by atoms with van der Waals surface area (Å²) in [4.78, 5) is 42.5. The lowest BCUT2D eigenvalue weighted by Crippen LogP contribution is -2.26. The Morgan fingerprint density at radius 3 is 2.45 bits per heavy atom. The average Bonchev–Trinajstić information content (AvgIpc) is 2.95. The maximum Gasteiger partial charge on any atom is 0.312 e. The quantitative estimate of drug-likeness (QED) is 0.255. The van der Waals surface area contributed by atoms with E-state index in [2.05, 4.69) is 4.98 Å². The molecular formula is C30H21NO9. The zero-order valence-electron chi connectivity index (χ0n) is 21.1. The van der Waals surface area contributed by atoms with E-state index in [0.29, 0.717) is 52.5 Å². The lowest BCUT2D eigenvalue weighted by Gasteiger charge is -2.26. The van der Waals surface area contributed by atoms with Crippen molar-refractivity contribution in [1.82, 2.24) is 4.98 Å². The first-order valence-corrected chi connectivity index (χ1v) is 12.5. The first-order chi connectivity index (χ1) is 19.4. The first-order valence-electron chi connectivity index (χ1n) is 12.5. The monoisotopic (exact) mass is 539 g/mol. The molecule has 1 atom stereocenters. The largest absolute Gasteiger partial charge is 0.507 e. The smallest absolute Gasteiger partial charge is 0.312 e. The number of hydrogen-bond acceptors (Lipinski definition) is 9. The summed E-state index contributed by atoms with van der Waals surface area (Å²) in [5.74, 6) is -0.0745. The molecule has 40 heavy (non-hydrogen) atoms. The highest BCUT2D eigenvalue weighted by Crippen LogP contribution is 2.45. The van der Waals surface area contributed by atoms with Gasteiger partial charge in [0.05, 0.1) is 24.6 Å². The number of aromatic amines is 1. The van der Waals surface area contributed by atoms with Crippen LogP contribution in [0.5, 0.6) is 28.7 Å². The number of phenols is 1. The van der Waals surface area contributed by atoms with Crippen LogP contribution in [0.3, 0.4) is 0 Å². The third-order valence-corrected chi connectivity index (χ3v) is 7.28. The van der Waals surface area contributed by atoms with Gasteiger partial charge in [0.1, 0.15) is 47.7 Å². The standard InChI is InChI=1S/C30H21NO9/c1-36-16-4-2-14(3-5-16)19-13-39-29-26-17(10-25(33)40-24(26)12-21(32)27(29)28(19)34)18-8-15-9-22-23(38-7-6-37-22)11-20(15)31-30(18)35/h2-5,8-9,11-13,17,32H,6-7,10H2,1H3,(H,31,35)/t17-/m1/s1. The van der Waals surface area contributed by atoms with E-state index in [-0.39, 0.29) is 34.3 Å². The Morgan fingerprint density at radius 1 is 0.950 bits per heavy atom. The molecule has 4 heterocycles. The maximum absolute atomic E-state index is 13.6. The molecule has 0 saturated heterocycles. The number of benzene rings is 3. The number of ether oxygens (including phenoxy) is 4. The summed E-state index contributed by atoms with van der Waals surface area (Å²) in [6, 6.07) is 13.2. The normalized spacial score (nSPS) is 16.0. The van der Waals surface area contributed by atoms with Gasteiger partial charge in [-0.05, 0) is 29.8 Å². The number of hydrogen-bond donors (Lipinski definition) is 2. The number of aromatic hydroxyl groups is 1. The van der Waals surface area contributed by atoms with Gasteiger partial charge in [-0.3, -0.25) is 14.4 Å². The lowest BCUT2D eigenvalue weighted by molar-refractivity contribution is -0.135. The number of carbonyl (C=O) groups is 1. The van der Waals surface area contributed by atoms with Crippen LogP contribution in [-0.4, -0.2) is 36.4 Å². The number of rotatable bonds is 3. The Kier molecular flexibility index (Phi) is 5.31. The fourth-order valence-electron chi connectivity index (χ4n) is 5.39. The van der Waals surface area contributed by atoms with Gasteiger partial charge in [-0.25, -0.2) is 0 Å². The number of pyridine rings is 1. The zero-order chi connectivity index (χ0) is 27.5. The van der Waals surface area contributed by atoms with Gasteiger partial charge in [-0.2, -0.15) is 0 Å². The van der Waals surface area contributed by atoms with Crippen LogP contribution in [0, 0.1) is 0 Å². The molecule has 3 aromatic carbocycles. The van der Waals surface area contributed by atoms with Crippen molar-refractivity contribution < 1.29 is 33.3 Å².